The van der Waals surface area contributed by atoms with E-state index in [2.05, 4.69) is 0 Å². The summed E-state index contributed by atoms with van der Waals surface area (Å²) in [5, 5.41) is 15.1. The van der Waals surface area contributed by atoms with Gasteiger partial charge in [-0.3, -0.25) is 0 Å². The summed E-state index contributed by atoms with van der Waals surface area (Å²) in [7, 11) is 0. The van der Waals surface area contributed by atoms with Crippen LogP contribution in [0.15, 0.2) is 18.2 Å². The van der Waals surface area contributed by atoms with Gasteiger partial charge in [-0.05, 0) is 12.1 Å². The van der Waals surface area contributed by atoms with Crippen molar-refractivity contribution in [2.24, 2.45) is 0 Å². The van der Waals surface area contributed by atoms with Crippen LogP contribution >= 0.6 is 0 Å². The summed E-state index contributed by atoms with van der Waals surface area (Å²) in [6, 6.07) is 3.32. The molecule has 4 nitrogen and oxygen atoms in total. The van der Waals surface area contributed by atoms with E-state index in [-0.39, 0.29) is 0 Å². The zero-order valence-corrected chi connectivity index (χ0v) is 6.37. The van der Waals surface area contributed by atoms with Crippen LogP contribution in [-0.2, 0) is 0 Å². The summed E-state index contributed by atoms with van der Waals surface area (Å²) in [6.45, 7) is 0. The van der Waals surface area contributed by atoms with E-state index in [0.29, 0.717) is 0 Å². The highest BCUT2D eigenvalue weighted by atomic mass is 19.1. The Bertz CT molecular complexity index is 340. The Morgan fingerprint density at radius 1 is 1.31 bits per heavy atom. The molecule has 0 saturated heterocycles. The van der Waals surface area contributed by atoms with Crippen LogP contribution in [0.4, 0.5) is 4.39 Å². The summed E-state index contributed by atoms with van der Waals surface area (Å²) in [5.41, 5.74) is -1.13. The maximum Gasteiger partial charge on any atom is 0.552 e. The molecule has 0 aliphatic carbocycles. The monoisotopic (exact) mass is 185 g/mol. The number of carboxylic acids is 1. The second-order valence-electron chi connectivity index (χ2n) is 2.30. The van der Waals surface area contributed by atoms with E-state index < -0.39 is 28.9 Å². The second kappa shape index (κ2) is 3.22. The van der Waals surface area contributed by atoms with Crippen molar-refractivity contribution in [3.05, 3.63) is 35.1 Å². The van der Waals surface area contributed by atoms with E-state index in [0.717, 1.165) is 12.1 Å². The molecule has 13 heavy (non-hydrogen) atoms. The van der Waals surface area contributed by atoms with Crippen LogP contribution in [-0.4, -0.2) is 22.2 Å². The molecule has 0 unspecified atom stereocenters. The summed E-state index contributed by atoms with van der Waals surface area (Å²) in [5.74, 6) is -3.85. The van der Waals surface area contributed by atoms with Crippen molar-refractivity contribution >= 4 is 11.9 Å². The highest BCUT2D eigenvalue weighted by Crippen LogP contribution is 2.12. The topological polar surface area (TPSA) is 77.3 Å². The van der Waals surface area contributed by atoms with Gasteiger partial charge >= 0.3 is 11.9 Å². The van der Waals surface area contributed by atoms with Gasteiger partial charge in [-0.2, -0.15) is 0 Å². The van der Waals surface area contributed by atoms with E-state index in [9.17, 15) is 14.0 Å². The van der Waals surface area contributed by atoms with E-state index in [1.165, 1.54) is 6.07 Å². The van der Waals surface area contributed by atoms with Crippen LogP contribution in [0.3, 0.4) is 0 Å². The quantitative estimate of drug-likeness (QED) is 0.677. The molecule has 0 aromatic heterocycles. The molecular formula is C8H6FO4+. The third-order valence-electron chi connectivity index (χ3n) is 1.47. The lowest BCUT2D eigenvalue weighted by molar-refractivity contribution is 0.0688. The SMILES string of the molecule is O=C(O)c1cccc(C(=O)[OH2+])c1F. The van der Waals surface area contributed by atoms with Crippen molar-refractivity contribution in [1.29, 1.82) is 0 Å². The summed E-state index contributed by atoms with van der Waals surface area (Å²) in [4.78, 5) is 20.9. The zero-order chi connectivity index (χ0) is 10.0. The third-order valence-corrected chi connectivity index (χ3v) is 1.47. The molecule has 0 heterocycles. The van der Waals surface area contributed by atoms with Crippen molar-refractivity contribution in [3.63, 3.8) is 0 Å². The van der Waals surface area contributed by atoms with Gasteiger partial charge in [-0.1, -0.05) is 6.07 Å². The normalized spacial score (nSPS) is 9.62. The van der Waals surface area contributed by atoms with Gasteiger partial charge in [0.25, 0.3) is 0 Å². The molecule has 5 heteroatoms. The molecule has 0 bridgehead atoms. The number of benzene rings is 1. The molecule has 0 radical (unpaired) electrons. The first-order chi connectivity index (χ1) is 6.04. The molecule has 0 amide bonds. The Balaban J connectivity index is 3.35. The van der Waals surface area contributed by atoms with Gasteiger partial charge in [0.1, 0.15) is 0 Å². The maximum absolute atomic E-state index is 13.1. The van der Waals surface area contributed by atoms with Crippen molar-refractivity contribution in [1.82, 2.24) is 0 Å². The van der Waals surface area contributed by atoms with Crippen LogP contribution < -0.4 is 0 Å². The standard InChI is InChI=1S/C8H5FO4/c9-6-4(7(10)11)2-1-3-5(6)8(12)13/h1-3H,(H,10,11)(H,12,13)/p+1. The van der Waals surface area contributed by atoms with E-state index in [1.54, 1.807) is 0 Å². The second-order valence-corrected chi connectivity index (χ2v) is 2.30. The molecule has 0 fully saturated rings. The lowest BCUT2D eigenvalue weighted by atomic mass is 10.1. The van der Waals surface area contributed by atoms with Gasteiger partial charge in [-0.25, -0.2) is 9.18 Å². The van der Waals surface area contributed by atoms with Gasteiger partial charge in [0.15, 0.2) is 11.4 Å². The van der Waals surface area contributed by atoms with Crippen LogP contribution in [0.5, 0.6) is 0 Å². The van der Waals surface area contributed by atoms with Crippen molar-refractivity contribution in [3.8, 4) is 0 Å². The molecule has 1 rings (SSSR count). The first-order valence-corrected chi connectivity index (χ1v) is 3.31. The minimum Gasteiger partial charge on any atom is -0.561 e. The minimum absolute atomic E-state index is 0.528. The summed E-state index contributed by atoms with van der Waals surface area (Å²) in [6.07, 6.45) is 0. The van der Waals surface area contributed by atoms with Crippen molar-refractivity contribution in [2.75, 3.05) is 0 Å². The van der Waals surface area contributed by atoms with Gasteiger partial charge < -0.3 is 10.2 Å². The molecule has 68 valence electrons. The number of hydrogen-bond acceptors (Lipinski definition) is 2. The van der Waals surface area contributed by atoms with Crippen LogP contribution in [0.25, 0.3) is 0 Å². The summed E-state index contributed by atoms with van der Waals surface area (Å²) >= 11 is 0. The Morgan fingerprint density at radius 2 is 1.85 bits per heavy atom. The molecule has 1 aromatic carbocycles. The molecule has 1 aromatic rings. The first-order valence-electron chi connectivity index (χ1n) is 3.31. The number of hydrogen-bond donors (Lipinski definition) is 1. The molecule has 0 aliphatic heterocycles. The van der Waals surface area contributed by atoms with Gasteiger partial charge in [-0.15, -0.1) is 0 Å². The highest BCUT2D eigenvalue weighted by Gasteiger charge is 2.22. The Kier molecular flexibility index (Phi) is 2.27. The smallest absolute Gasteiger partial charge is 0.552 e. The van der Waals surface area contributed by atoms with Gasteiger partial charge in [0.05, 0.1) is 5.56 Å². The number of rotatable bonds is 2. The van der Waals surface area contributed by atoms with Crippen LogP contribution in [0.2, 0.25) is 0 Å². The van der Waals surface area contributed by atoms with E-state index in [4.69, 9.17) is 10.2 Å². The molecular weight excluding hydrogens is 179 g/mol. The number of aromatic carboxylic acids is 1. The van der Waals surface area contributed by atoms with Crippen LogP contribution in [0.1, 0.15) is 20.7 Å². The number of carbonyl (C=O) groups excluding carboxylic acids is 1. The molecule has 0 atom stereocenters. The van der Waals surface area contributed by atoms with Crippen molar-refractivity contribution < 1.29 is 24.2 Å². The number of halogens is 1. The molecule has 0 aliphatic rings. The highest BCUT2D eigenvalue weighted by molar-refractivity contribution is 5.94. The summed E-state index contributed by atoms with van der Waals surface area (Å²) < 4.78 is 13.1. The predicted molar refractivity (Wildman–Crippen MR) is 41.3 cm³/mol. The fourth-order valence-corrected chi connectivity index (χ4v) is 0.873. The number of carbonyl (C=O) groups is 2. The molecule has 0 saturated carbocycles. The zero-order valence-electron chi connectivity index (χ0n) is 6.37. The van der Waals surface area contributed by atoms with Crippen molar-refractivity contribution in [2.45, 2.75) is 0 Å². The fourth-order valence-electron chi connectivity index (χ4n) is 0.873. The maximum atomic E-state index is 13.1. The number of carboxylic acid groups (broad SMARTS) is 1. The van der Waals surface area contributed by atoms with Gasteiger partial charge in [0.2, 0.25) is 0 Å². The Labute approximate surface area is 72.2 Å². The van der Waals surface area contributed by atoms with E-state index >= 15 is 0 Å². The Hall–Kier alpha value is -1.91. The Morgan fingerprint density at radius 3 is 2.31 bits per heavy atom. The van der Waals surface area contributed by atoms with Gasteiger partial charge in [0, 0.05) is 4.79 Å². The minimum atomic E-state index is -1.46. The lowest BCUT2D eigenvalue weighted by Crippen LogP contribution is -2.07. The molecule has 0 spiro atoms. The van der Waals surface area contributed by atoms with E-state index in [1.807, 2.05) is 0 Å². The fraction of sp³-hybridized carbons (Fsp3) is 0. The molecule has 3 N–H and O–H groups in total. The van der Waals surface area contributed by atoms with Crippen LogP contribution in [0, 0.1) is 5.82 Å². The largest absolute Gasteiger partial charge is 0.561 e. The third kappa shape index (κ3) is 1.64. The average molecular weight is 185 g/mol. The predicted octanol–water partition coefficient (Wildman–Crippen LogP) is 0.389. The average Bonchev–Trinajstić information content (AvgIpc) is 2.03. The lowest BCUT2D eigenvalue weighted by Gasteiger charge is -1.97. The first kappa shape index (κ1) is 9.18.